The summed E-state index contributed by atoms with van der Waals surface area (Å²) in [4.78, 5) is 12.2. The highest BCUT2D eigenvalue weighted by Gasteiger charge is 2.13. The van der Waals surface area contributed by atoms with Crippen molar-refractivity contribution in [3.05, 3.63) is 47.5 Å². The minimum atomic E-state index is -0.481. The molecule has 0 unspecified atom stereocenters. The smallest absolute Gasteiger partial charge is 0.338 e. The zero-order valence-electron chi connectivity index (χ0n) is 16.4. The lowest BCUT2D eigenvalue weighted by Gasteiger charge is -2.08. The third-order valence-electron chi connectivity index (χ3n) is 4.00. The minimum Gasteiger partial charge on any atom is -0.465 e. The average molecular weight is 404 g/mol. The fourth-order valence-corrected chi connectivity index (χ4v) is 2.63. The van der Waals surface area contributed by atoms with Crippen LogP contribution in [0.15, 0.2) is 30.6 Å². The molecule has 0 fully saturated rings. The van der Waals surface area contributed by atoms with Crippen molar-refractivity contribution in [1.82, 2.24) is 40.6 Å². The molecule has 3 aromatic rings. The van der Waals surface area contributed by atoms with Crippen LogP contribution in [0.2, 0.25) is 0 Å². The molecule has 0 radical (unpaired) electrons. The Balaban J connectivity index is 1.91. The van der Waals surface area contributed by atoms with Crippen LogP contribution in [0.5, 0.6) is 0 Å². The van der Waals surface area contributed by atoms with E-state index in [1.807, 2.05) is 6.07 Å². The molecule has 2 heterocycles. The van der Waals surface area contributed by atoms with Gasteiger partial charge in [-0.2, -0.15) is 0 Å². The number of methoxy groups -OCH3 is 1. The maximum atomic E-state index is 12.2. The summed E-state index contributed by atoms with van der Waals surface area (Å²) >= 11 is 0. The van der Waals surface area contributed by atoms with E-state index in [2.05, 4.69) is 43.1 Å². The molecule has 2 aromatic heterocycles. The second kappa shape index (κ2) is 9.98. The van der Waals surface area contributed by atoms with E-state index in [9.17, 15) is 4.79 Å². The van der Waals surface area contributed by atoms with Crippen molar-refractivity contribution in [2.45, 2.75) is 13.1 Å². The lowest BCUT2D eigenvalue weighted by atomic mass is 10.1. The maximum Gasteiger partial charge on any atom is 0.338 e. The third-order valence-corrected chi connectivity index (χ3v) is 4.00. The van der Waals surface area contributed by atoms with Gasteiger partial charge in [0.2, 0.25) is 0 Å². The van der Waals surface area contributed by atoms with Crippen molar-refractivity contribution in [2.24, 2.45) is 0 Å². The lowest BCUT2D eigenvalue weighted by Crippen LogP contribution is -2.13. The molecule has 0 aliphatic carbocycles. The molecule has 0 aliphatic heterocycles. The number of esters is 1. The van der Waals surface area contributed by atoms with Crippen LogP contribution in [-0.4, -0.2) is 56.2 Å². The molecule has 1 aromatic carbocycles. The SMILES string of the molecule is C#CCNCc1cn(-c2cc(C(=O)OC)cc(-n3cc(CNCC#C)nn3)c2)nn1. The first kappa shape index (κ1) is 20.7. The number of benzene rings is 1. The van der Waals surface area contributed by atoms with Gasteiger partial charge in [-0.15, -0.1) is 23.0 Å². The van der Waals surface area contributed by atoms with E-state index in [4.69, 9.17) is 17.6 Å². The van der Waals surface area contributed by atoms with E-state index < -0.39 is 5.97 Å². The number of carbonyl (C=O) groups is 1. The van der Waals surface area contributed by atoms with Crippen LogP contribution in [0.3, 0.4) is 0 Å². The number of hydrogen-bond acceptors (Lipinski definition) is 8. The summed E-state index contributed by atoms with van der Waals surface area (Å²) in [5.74, 6) is 4.52. The number of ether oxygens (including phenoxy) is 1. The summed E-state index contributed by atoms with van der Waals surface area (Å²) in [5.41, 5.74) is 2.99. The largest absolute Gasteiger partial charge is 0.465 e. The number of nitrogens with zero attached hydrogens (tertiary/aromatic N) is 6. The second-order valence-electron chi connectivity index (χ2n) is 6.15. The van der Waals surface area contributed by atoms with Gasteiger partial charge < -0.3 is 15.4 Å². The van der Waals surface area contributed by atoms with Gasteiger partial charge >= 0.3 is 5.97 Å². The number of rotatable bonds is 9. The molecular formula is C20H20N8O2. The Bertz CT molecular complexity index is 1030. The summed E-state index contributed by atoms with van der Waals surface area (Å²) in [6, 6.07) is 5.14. The Kier molecular flexibility index (Phi) is 6.90. The van der Waals surface area contributed by atoms with E-state index in [1.165, 1.54) is 7.11 Å². The molecule has 0 saturated carbocycles. The predicted octanol–water partition coefficient (Wildman–Crippen LogP) is 0.0802. The Hall–Kier alpha value is -3.99. The summed E-state index contributed by atoms with van der Waals surface area (Å²) in [6.45, 7) is 1.81. The van der Waals surface area contributed by atoms with Crippen LogP contribution in [0.25, 0.3) is 11.4 Å². The number of carbonyl (C=O) groups excluding carboxylic acids is 1. The fraction of sp³-hybridized carbons (Fsp3) is 0.250. The first-order chi connectivity index (χ1) is 14.6. The Morgan fingerprint density at radius 1 is 0.967 bits per heavy atom. The zero-order chi connectivity index (χ0) is 21.3. The number of aromatic nitrogens is 6. The van der Waals surface area contributed by atoms with E-state index in [0.717, 1.165) is 0 Å². The first-order valence-electron chi connectivity index (χ1n) is 8.99. The topological polar surface area (TPSA) is 112 Å². The molecule has 10 heteroatoms. The van der Waals surface area contributed by atoms with Crippen LogP contribution >= 0.6 is 0 Å². The van der Waals surface area contributed by atoms with Crippen LogP contribution in [0, 0.1) is 24.7 Å². The standard InChI is InChI=1S/C20H20N8O2/c1-4-6-21-11-16-13-27(25-23-16)18-8-15(20(29)30-3)9-19(10-18)28-14-17(24-26-28)12-22-7-5-2/h1-2,8-10,13-14,21-22H,6-7,11-12H2,3H3. The van der Waals surface area contributed by atoms with Gasteiger partial charge in [0.25, 0.3) is 0 Å². The van der Waals surface area contributed by atoms with Gasteiger partial charge in [-0.3, -0.25) is 0 Å². The van der Waals surface area contributed by atoms with Crippen LogP contribution < -0.4 is 10.6 Å². The molecule has 0 aliphatic rings. The highest BCUT2D eigenvalue weighted by Crippen LogP contribution is 2.18. The maximum absolute atomic E-state index is 12.2. The van der Waals surface area contributed by atoms with Gasteiger partial charge in [0, 0.05) is 13.1 Å². The summed E-state index contributed by atoms with van der Waals surface area (Å²) < 4.78 is 8.00. The van der Waals surface area contributed by atoms with E-state index >= 15 is 0 Å². The van der Waals surface area contributed by atoms with Crippen molar-refractivity contribution >= 4 is 5.97 Å². The van der Waals surface area contributed by atoms with E-state index in [1.54, 1.807) is 33.9 Å². The third kappa shape index (κ3) is 5.08. The second-order valence-corrected chi connectivity index (χ2v) is 6.15. The number of terminal acetylenes is 2. The normalized spacial score (nSPS) is 10.4. The van der Waals surface area contributed by atoms with Gasteiger partial charge in [-0.1, -0.05) is 22.3 Å². The molecule has 0 saturated heterocycles. The summed E-state index contributed by atoms with van der Waals surface area (Å²) in [7, 11) is 1.32. The Morgan fingerprint density at radius 2 is 1.47 bits per heavy atom. The monoisotopic (exact) mass is 404 g/mol. The van der Waals surface area contributed by atoms with Gasteiger partial charge in [0.15, 0.2) is 0 Å². The minimum absolute atomic E-state index is 0.343. The van der Waals surface area contributed by atoms with Crippen molar-refractivity contribution in [3.8, 4) is 36.1 Å². The molecule has 0 spiro atoms. The van der Waals surface area contributed by atoms with Gasteiger partial charge in [0.1, 0.15) is 0 Å². The number of hydrogen-bond donors (Lipinski definition) is 2. The van der Waals surface area contributed by atoms with Gasteiger partial charge in [-0.25, -0.2) is 14.2 Å². The molecule has 30 heavy (non-hydrogen) atoms. The van der Waals surface area contributed by atoms with Crippen molar-refractivity contribution in [3.63, 3.8) is 0 Å². The van der Waals surface area contributed by atoms with Crippen molar-refractivity contribution in [1.29, 1.82) is 0 Å². The molecule has 2 N–H and O–H groups in total. The summed E-state index contributed by atoms with van der Waals surface area (Å²) in [6.07, 6.45) is 14.0. The van der Waals surface area contributed by atoms with Crippen molar-refractivity contribution in [2.75, 3.05) is 20.2 Å². The molecule has 10 nitrogen and oxygen atoms in total. The summed E-state index contributed by atoms with van der Waals surface area (Å²) in [5, 5.41) is 22.6. The lowest BCUT2D eigenvalue weighted by molar-refractivity contribution is 0.0600. The number of nitrogens with one attached hydrogen (secondary N) is 2. The van der Waals surface area contributed by atoms with Gasteiger partial charge in [-0.05, 0) is 18.2 Å². The highest BCUT2D eigenvalue weighted by atomic mass is 16.5. The zero-order valence-corrected chi connectivity index (χ0v) is 16.4. The molecular weight excluding hydrogens is 384 g/mol. The molecule has 152 valence electrons. The average Bonchev–Trinajstić information content (AvgIpc) is 3.43. The fourth-order valence-electron chi connectivity index (χ4n) is 2.63. The highest BCUT2D eigenvalue weighted by molar-refractivity contribution is 5.90. The molecule has 0 amide bonds. The van der Waals surface area contributed by atoms with Crippen LogP contribution in [0.4, 0.5) is 0 Å². The molecule has 0 bridgehead atoms. The quantitative estimate of drug-likeness (QED) is 0.293. The predicted molar refractivity (Wildman–Crippen MR) is 109 cm³/mol. The Morgan fingerprint density at radius 3 is 1.90 bits per heavy atom. The van der Waals surface area contributed by atoms with Gasteiger partial charge in [0.05, 0.1) is 60.9 Å². The molecule has 0 atom stereocenters. The van der Waals surface area contributed by atoms with E-state index in [-0.39, 0.29) is 0 Å². The molecule has 3 rings (SSSR count). The van der Waals surface area contributed by atoms with E-state index in [0.29, 0.717) is 54.5 Å². The Labute approximate surface area is 173 Å². The first-order valence-corrected chi connectivity index (χ1v) is 8.99. The van der Waals surface area contributed by atoms with Crippen LogP contribution in [0.1, 0.15) is 21.7 Å². The van der Waals surface area contributed by atoms with Crippen LogP contribution in [-0.2, 0) is 17.8 Å². The van der Waals surface area contributed by atoms with Crippen molar-refractivity contribution < 1.29 is 9.53 Å².